The lowest BCUT2D eigenvalue weighted by atomic mass is 9.96. The molecule has 4 heteroatoms. The average Bonchev–Trinajstić information content (AvgIpc) is 2.78. The lowest BCUT2D eigenvalue weighted by Gasteiger charge is -2.39. The van der Waals surface area contributed by atoms with Crippen molar-refractivity contribution >= 4 is 6.08 Å². The minimum absolute atomic E-state index is 0.214. The summed E-state index contributed by atoms with van der Waals surface area (Å²) in [5.74, 6) is -0.499. The van der Waals surface area contributed by atoms with Gasteiger partial charge in [-0.05, 0) is 29.3 Å². The van der Waals surface area contributed by atoms with E-state index in [4.69, 9.17) is 0 Å². The molecule has 3 aromatic carbocycles. The van der Waals surface area contributed by atoms with Crippen molar-refractivity contribution in [3.8, 4) is 0 Å². The van der Waals surface area contributed by atoms with Gasteiger partial charge >= 0.3 is 0 Å². The first-order valence-electron chi connectivity index (χ1n) is 10.4. The van der Waals surface area contributed by atoms with Crippen molar-refractivity contribution in [3.63, 3.8) is 0 Å². The van der Waals surface area contributed by atoms with Gasteiger partial charge in [0, 0.05) is 38.3 Å². The molecule has 0 aromatic heterocycles. The van der Waals surface area contributed by atoms with Gasteiger partial charge in [-0.3, -0.25) is 9.80 Å². The molecule has 4 rings (SSSR count). The predicted molar refractivity (Wildman–Crippen MR) is 118 cm³/mol. The maximum absolute atomic E-state index is 14.6. The van der Waals surface area contributed by atoms with Crippen LogP contribution in [0.5, 0.6) is 0 Å². The molecular weight excluding hydrogens is 378 g/mol. The maximum Gasteiger partial charge on any atom is 0.128 e. The molecule has 1 heterocycles. The van der Waals surface area contributed by atoms with Crippen LogP contribution in [0.15, 0.2) is 84.9 Å². The maximum atomic E-state index is 14.6. The fraction of sp³-hybridized carbons (Fsp3) is 0.231. The van der Waals surface area contributed by atoms with Crippen molar-refractivity contribution in [2.75, 3.05) is 32.7 Å². The smallest absolute Gasteiger partial charge is 0.128 e. The second-order valence-electron chi connectivity index (χ2n) is 7.63. The summed E-state index contributed by atoms with van der Waals surface area (Å²) < 4.78 is 28.1. The van der Waals surface area contributed by atoms with E-state index < -0.39 is 0 Å². The van der Waals surface area contributed by atoms with Crippen LogP contribution in [-0.2, 0) is 0 Å². The molecule has 0 N–H and O–H groups in total. The normalized spacial score (nSPS) is 16.7. The Morgan fingerprint density at radius 2 is 1.43 bits per heavy atom. The van der Waals surface area contributed by atoms with Gasteiger partial charge in [0.15, 0.2) is 0 Å². The quantitative estimate of drug-likeness (QED) is 0.544. The number of hydrogen-bond acceptors (Lipinski definition) is 2. The zero-order valence-corrected chi connectivity index (χ0v) is 16.9. The van der Waals surface area contributed by atoms with Crippen LogP contribution in [0.4, 0.5) is 8.78 Å². The third-order valence-electron chi connectivity index (χ3n) is 5.63. The summed E-state index contributed by atoms with van der Waals surface area (Å²) in [4.78, 5) is 4.70. The number of piperazine rings is 1. The molecule has 3 aromatic rings. The number of rotatable bonds is 6. The second-order valence-corrected chi connectivity index (χ2v) is 7.63. The predicted octanol–water partition coefficient (Wildman–Crippen LogP) is 5.39. The summed E-state index contributed by atoms with van der Waals surface area (Å²) >= 11 is 0. The van der Waals surface area contributed by atoms with Gasteiger partial charge in [-0.2, -0.15) is 0 Å². The Labute approximate surface area is 177 Å². The van der Waals surface area contributed by atoms with Crippen LogP contribution in [0.2, 0.25) is 0 Å². The van der Waals surface area contributed by atoms with Crippen LogP contribution in [0.3, 0.4) is 0 Å². The number of benzene rings is 3. The van der Waals surface area contributed by atoms with E-state index in [1.54, 1.807) is 18.2 Å². The van der Waals surface area contributed by atoms with Crippen LogP contribution < -0.4 is 0 Å². The first-order chi connectivity index (χ1) is 14.7. The van der Waals surface area contributed by atoms with E-state index in [9.17, 15) is 8.78 Å². The van der Waals surface area contributed by atoms with Gasteiger partial charge in [-0.15, -0.1) is 0 Å². The zero-order chi connectivity index (χ0) is 20.8. The average molecular weight is 405 g/mol. The Kier molecular flexibility index (Phi) is 6.67. The molecule has 0 spiro atoms. The van der Waals surface area contributed by atoms with Crippen molar-refractivity contribution in [2.24, 2.45) is 0 Å². The van der Waals surface area contributed by atoms with Gasteiger partial charge in [-0.1, -0.05) is 72.8 Å². The Balaban J connectivity index is 1.45. The molecule has 0 radical (unpaired) electrons. The molecule has 0 bridgehead atoms. The topological polar surface area (TPSA) is 6.48 Å². The molecule has 30 heavy (non-hydrogen) atoms. The Bertz CT molecular complexity index is 962. The number of nitrogens with zero attached hydrogens (tertiary/aromatic N) is 2. The van der Waals surface area contributed by atoms with E-state index in [1.807, 2.05) is 30.3 Å². The third-order valence-corrected chi connectivity index (χ3v) is 5.63. The minimum Gasteiger partial charge on any atom is -0.297 e. The summed E-state index contributed by atoms with van der Waals surface area (Å²) in [5.41, 5.74) is 2.76. The van der Waals surface area contributed by atoms with Gasteiger partial charge in [0.25, 0.3) is 0 Å². The highest BCUT2D eigenvalue weighted by molar-refractivity contribution is 5.48. The summed E-state index contributed by atoms with van der Waals surface area (Å²) in [6.07, 6.45) is 4.34. The molecule has 1 atom stereocenters. The Hall–Kier alpha value is -2.82. The van der Waals surface area contributed by atoms with Gasteiger partial charge in [0.05, 0.1) is 6.04 Å². The van der Waals surface area contributed by atoms with Gasteiger partial charge < -0.3 is 0 Å². The van der Waals surface area contributed by atoms with Gasteiger partial charge in [0.1, 0.15) is 11.6 Å². The van der Waals surface area contributed by atoms with E-state index in [0.717, 1.165) is 38.3 Å². The summed E-state index contributed by atoms with van der Waals surface area (Å²) in [6.45, 7) is 4.37. The van der Waals surface area contributed by atoms with Crippen molar-refractivity contribution in [1.29, 1.82) is 0 Å². The third kappa shape index (κ3) is 5.02. The largest absolute Gasteiger partial charge is 0.297 e. The van der Waals surface area contributed by atoms with E-state index in [1.165, 1.54) is 23.8 Å². The SMILES string of the molecule is Fc1ccc(C(c2ccccc2F)N2CCN(CC=Cc3ccccc3)CC2)cc1. The van der Waals surface area contributed by atoms with Crippen LogP contribution in [0, 0.1) is 11.6 Å². The summed E-state index contributed by atoms with van der Waals surface area (Å²) in [7, 11) is 0. The van der Waals surface area contributed by atoms with E-state index >= 15 is 0 Å². The van der Waals surface area contributed by atoms with Crippen molar-refractivity contribution in [2.45, 2.75) is 6.04 Å². The highest BCUT2D eigenvalue weighted by Gasteiger charge is 2.27. The van der Waals surface area contributed by atoms with Crippen LogP contribution in [0.25, 0.3) is 6.08 Å². The first kappa shape index (κ1) is 20.5. The van der Waals surface area contributed by atoms with Crippen LogP contribution in [0.1, 0.15) is 22.7 Å². The lowest BCUT2D eigenvalue weighted by molar-refractivity contribution is 0.116. The molecule has 1 saturated heterocycles. The Morgan fingerprint density at radius 3 is 2.13 bits per heavy atom. The molecule has 1 unspecified atom stereocenters. The molecular formula is C26H26F2N2. The van der Waals surface area contributed by atoms with E-state index in [-0.39, 0.29) is 17.7 Å². The summed E-state index contributed by atoms with van der Waals surface area (Å²) in [6, 6.07) is 23.4. The van der Waals surface area contributed by atoms with Crippen LogP contribution >= 0.6 is 0 Å². The monoisotopic (exact) mass is 404 g/mol. The highest BCUT2D eigenvalue weighted by atomic mass is 19.1. The van der Waals surface area contributed by atoms with Crippen LogP contribution in [-0.4, -0.2) is 42.5 Å². The van der Waals surface area contributed by atoms with Gasteiger partial charge in [0.2, 0.25) is 0 Å². The molecule has 1 fully saturated rings. The molecule has 0 amide bonds. The molecule has 0 aliphatic carbocycles. The Morgan fingerprint density at radius 1 is 0.767 bits per heavy atom. The van der Waals surface area contributed by atoms with E-state index in [0.29, 0.717) is 5.56 Å². The van der Waals surface area contributed by atoms with Crippen molar-refractivity contribution in [1.82, 2.24) is 9.80 Å². The van der Waals surface area contributed by atoms with Crippen molar-refractivity contribution in [3.05, 3.63) is 113 Å². The lowest BCUT2D eigenvalue weighted by Crippen LogP contribution is -2.47. The standard InChI is InChI=1S/C26H26F2N2/c27-23-14-12-22(13-15-23)26(24-10-4-5-11-25(24)28)30-19-17-29(18-20-30)16-6-9-21-7-2-1-3-8-21/h1-15,26H,16-20H2. The number of hydrogen-bond donors (Lipinski definition) is 0. The first-order valence-corrected chi connectivity index (χ1v) is 10.4. The molecule has 2 nitrogen and oxygen atoms in total. The highest BCUT2D eigenvalue weighted by Crippen LogP contribution is 2.31. The fourth-order valence-corrected chi connectivity index (χ4v) is 4.04. The molecule has 1 aliphatic rings. The van der Waals surface area contributed by atoms with Gasteiger partial charge in [-0.25, -0.2) is 8.78 Å². The zero-order valence-electron chi connectivity index (χ0n) is 16.9. The second kappa shape index (κ2) is 9.79. The molecule has 154 valence electrons. The van der Waals surface area contributed by atoms with Crippen molar-refractivity contribution < 1.29 is 8.78 Å². The number of halogens is 2. The fourth-order valence-electron chi connectivity index (χ4n) is 4.04. The van der Waals surface area contributed by atoms with E-state index in [2.05, 4.69) is 34.1 Å². The molecule has 0 saturated carbocycles. The molecule has 1 aliphatic heterocycles. The summed E-state index contributed by atoms with van der Waals surface area (Å²) in [5, 5.41) is 0. The minimum atomic E-state index is -0.277.